The first-order valence-electron chi connectivity index (χ1n) is 8.32. The van der Waals surface area contributed by atoms with Gasteiger partial charge < -0.3 is 4.74 Å². The van der Waals surface area contributed by atoms with E-state index in [0.717, 1.165) is 12.8 Å². The van der Waals surface area contributed by atoms with Crippen molar-refractivity contribution < 1.29 is 14.3 Å². The van der Waals surface area contributed by atoms with E-state index < -0.39 is 5.97 Å². The third-order valence-electron chi connectivity index (χ3n) is 4.17. The molecule has 8 nitrogen and oxygen atoms in total. The molecule has 0 spiro atoms. The Morgan fingerprint density at radius 2 is 2.00 bits per heavy atom. The average molecular weight is 356 g/mol. The molecule has 26 heavy (non-hydrogen) atoms. The molecule has 0 aliphatic heterocycles. The normalized spacial score (nSPS) is 14.2. The minimum atomic E-state index is -0.484. The maximum absolute atomic E-state index is 12.9. The van der Waals surface area contributed by atoms with E-state index in [1.807, 2.05) is 6.07 Å². The van der Waals surface area contributed by atoms with Gasteiger partial charge in [0.15, 0.2) is 0 Å². The van der Waals surface area contributed by atoms with Crippen LogP contribution in [-0.4, -0.2) is 34.5 Å². The summed E-state index contributed by atoms with van der Waals surface area (Å²) >= 11 is 0. The largest absolute Gasteiger partial charge is 0.469 e. The molecule has 136 valence electrons. The first-order chi connectivity index (χ1) is 12.5. The highest BCUT2D eigenvalue weighted by Gasteiger charge is 2.29. The van der Waals surface area contributed by atoms with Gasteiger partial charge in [0, 0.05) is 5.92 Å². The summed E-state index contributed by atoms with van der Waals surface area (Å²) in [6.45, 7) is 1.62. The highest BCUT2D eigenvalue weighted by atomic mass is 16.5. The number of methoxy groups -OCH3 is 1. The lowest BCUT2D eigenvalue weighted by atomic mass is 10.1. The van der Waals surface area contributed by atoms with E-state index >= 15 is 0 Å². The Balaban J connectivity index is 1.99. The molecule has 3 rings (SSSR count). The second kappa shape index (κ2) is 7.38. The molecule has 0 atom stereocenters. The van der Waals surface area contributed by atoms with Crippen LogP contribution in [0.25, 0.3) is 5.69 Å². The third-order valence-corrected chi connectivity index (χ3v) is 4.17. The van der Waals surface area contributed by atoms with Gasteiger partial charge in [-0.3, -0.25) is 19.5 Å². The van der Waals surface area contributed by atoms with Gasteiger partial charge in [0.05, 0.1) is 36.2 Å². The van der Waals surface area contributed by atoms with Crippen molar-refractivity contribution in [2.45, 2.75) is 26.2 Å². The van der Waals surface area contributed by atoms with Crippen molar-refractivity contribution >= 4 is 17.6 Å². The molecule has 0 unspecified atom stereocenters. The number of esters is 1. The number of para-hydroxylation sites is 1. The summed E-state index contributed by atoms with van der Waals surface area (Å²) in [5.41, 5.74) is 3.72. The van der Waals surface area contributed by atoms with Gasteiger partial charge in [-0.2, -0.15) is 5.10 Å². The molecular formula is C18H20N4O4. The lowest BCUT2D eigenvalue weighted by Gasteiger charge is -2.02. The molecule has 0 bridgehead atoms. The van der Waals surface area contributed by atoms with Gasteiger partial charge in [-0.1, -0.05) is 18.2 Å². The number of hydrazone groups is 1. The quantitative estimate of drug-likeness (QED) is 0.460. The number of nitrogens with one attached hydrogen (secondary N) is 2. The van der Waals surface area contributed by atoms with E-state index in [2.05, 4.69) is 15.6 Å². The van der Waals surface area contributed by atoms with Crippen LogP contribution in [0.4, 0.5) is 0 Å². The van der Waals surface area contributed by atoms with Crippen molar-refractivity contribution in [2.75, 3.05) is 7.11 Å². The van der Waals surface area contributed by atoms with Crippen LogP contribution in [0.3, 0.4) is 0 Å². The Morgan fingerprint density at radius 1 is 1.31 bits per heavy atom. The van der Waals surface area contributed by atoms with Gasteiger partial charge in [0.2, 0.25) is 5.91 Å². The number of benzene rings is 1. The lowest BCUT2D eigenvalue weighted by Crippen LogP contribution is -2.24. The van der Waals surface area contributed by atoms with E-state index in [1.54, 1.807) is 31.2 Å². The van der Waals surface area contributed by atoms with Crippen molar-refractivity contribution in [3.05, 3.63) is 51.9 Å². The molecule has 1 aromatic carbocycles. The number of ether oxygens (including phenoxy) is 1. The summed E-state index contributed by atoms with van der Waals surface area (Å²) in [4.78, 5) is 36.4. The van der Waals surface area contributed by atoms with Gasteiger partial charge >= 0.3 is 5.97 Å². The molecule has 2 aromatic rings. The van der Waals surface area contributed by atoms with Crippen molar-refractivity contribution in [2.24, 2.45) is 11.0 Å². The maximum atomic E-state index is 12.9. The summed E-state index contributed by atoms with van der Waals surface area (Å²) in [6.07, 6.45) is 1.61. The number of carbonyl (C=O) groups is 2. The van der Waals surface area contributed by atoms with Crippen molar-refractivity contribution in [1.82, 2.24) is 15.2 Å². The number of hydrogen-bond donors (Lipinski definition) is 2. The van der Waals surface area contributed by atoms with Crippen molar-refractivity contribution in [3.8, 4) is 5.69 Å². The predicted molar refractivity (Wildman–Crippen MR) is 95.2 cm³/mol. The molecule has 2 N–H and O–H groups in total. The summed E-state index contributed by atoms with van der Waals surface area (Å²) in [5.74, 6) is -0.631. The Morgan fingerprint density at radius 3 is 2.62 bits per heavy atom. The fraction of sp³-hybridized carbons (Fsp3) is 0.333. The summed E-state index contributed by atoms with van der Waals surface area (Å²) < 4.78 is 6.04. The van der Waals surface area contributed by atoms with Gasteiger partial charge in [-0.05, 0) is 31.9 Å². The second-order valence-corrected chi connectivity index (χ2v) is 6.14. The molecule has 1 saturated carbocycles. The van der Waals surface area contributed by atoms with Gasteiger partial charge in [-0.25, -0.2) is 10.1 Å². The number of nitrogens with zero attached hydrogens (tertiary/aromatic N) is 2. The Bertz CT molecular complexity index is 907. The zero-order valence-electron chi connectivity index (χ0n) is 14.6. The highest BCUT2D eigenvalue weighted by molar-refractivity contribution is 6.00. The van der Waals surface area contributed by atoms with Crippen molar-refractivity contribution in [3.63, 3.8) is 0 Å². The number of carbonyl (C=O) groups excluding carboxylic acids is 2. The van der Waals surface area contributed by atoms with E-state index in [4.69, 9.17) is 4.74 Å². The summed E-state index contributed by atoms with van der Waals surface area (Å²) in [6, 6.07) is 8.99. The standard InChI is InChI=1S/C18H20N4O4/c1-11(19-20-17(24)12-8-9-12)16-14(10-15(23)26-2)21-22(18(16)25)13-6-4-3-5-7-13/h3-7,12,21H,8-10H2,1-2H3,(H,20,24)/b19-11+. The van der Waals surface area contributed by atoms with Crippen LogP contribution in [0, 0.1) is 5.92 Å². The van der Waals surface area contributed by atoms with Gasteiger partial charge in [0.1, 0.15) is 0 Å². The molecule has 8 heteroatoms. The molecule has 0 saturated heterocycles. The van der Waals surface area contributed by atoms with Crippen LogP contribution in [0.2, 0.25) is 0 Å². The SMILES string of the molecule is COC(=O)Cc1[nH]n(-c2ccccc2)c(=O)c1/C(C)=N/NC(=O)C1CC1. The van der Waals surface area contributed by atoms with Crippen LogP contribution in [0.5, 0.6) is 0 Å². The third kappa shape index (κ3) is 3.74. The summed E-state index contributed by atoms with van der Waals surface area (Å²) in [5, 5.41) is 6.99. The fourth-order valence-electron chi connectivity index (χ4n) is 2.59. The number of hydrogen-bond acceptors (Lipinski definition) is 5. The second-order valence-electron chi connectivity index (χ2n) is 6.14. The minimum absolute atomic E-state index is 0.00768. The highest BCUT2D eigenvalue weighted by Crippen LogP contribution is 2.28. The van der Waals surface area contributed by atoms with Gasteiger partial charge in [0.25, 0.3) is 5.56 Å². The smallest absolute Gasteiger partial charge is 0.311 e. The first kappa shape index (κ1) is 17.7. The average Bonchev–Trinajstić information content (AvgIpc) is 3.45. The number of amides is 1. The molecule has 1 aromatic heterocycles. The molecule has 1 aliphatic carbocycles. The number of rotatable bonds is 6. The van der Waals surface area contributed by atoms with E-state index in [9.17, 15) is 14.4 Å². The van der Waals surface area contributed by atoms with Crippen LogP contribution < -0.4 is 11.0 Å². The topological polar surface area (TPSA) is 106 Å². The maximum Gasteiger partial charge on any atom is 0.311 e. The minimum Gasteiger partial charge on any atom is -0.469 e. The van der Waals surface area contributed by atoms with E-state index in [-0.39, 0.29) is 29.4 Å². The van der Waals surface area contributed by atoms with Crippen molar-refractivity contribution in [1.29, 1.82) is 0 Å². The number of aromatic amines is 1. The number of aromatic nitrogens is 2. The molecule has 1 heterocycles. The monoisotopic (exact) mass is 356 g/mol. The van der Waals surface area contributed by atoms with Crippen LogP contribution in [-0.2, 0) is 20.7 Å². The fourth-order valence-corrected chi connectivity index (χ4v) is 2.59. The Hall–Kier alpha value is -3.16. The zero-order chi connectivity index (χ0) is 18.7. The molecule has 1 aliphatic rings. The zero-order valence-corrected chi connectivity index (χ0v) is 14.6. The molecule has 1 fully saturated rings. The van der Waals surface area contributed by atoms with Crippen LogP contribution in [0.1, 0.15) is 31.0 Å². The molecule has 1 amide bonds. The Labute approximate surface area is 149 Å². The first-order valence-corrected chi connectivity index (χ1v) is 8.32. The lowest BCUT2D eigenvalue weighted by molar-refractivity contribution is -0.139. The van der Waals surface area contributed by atoms with Crippen LogP contribution in [0.15, 0.2) is 40.2 Å². The molecule has 0 radical (unpaired) electrons. The van der Waals surface area contributed by atoms with Gasteiger partial charge in [-0.15, -0.1) is 0 Å². The predicted octanol–water partition coefficient (Wildman–Crippen LogP) is 1.13. The van der Waals surface area contributed by atoms with E-state index in [1.165, 1.54) is 11.8 Å². The molecular weight excluding hydrogens is 336 g/mol. The van der Waals surface area contributed by atoms with Crippen LogP contribution >= 0.6 is 0 Å². The summed E-state index contributed by atoms with van der Waals surface area (Å²) in [7, 11) is 1.28. The van der Waals surface area contributed by atoms with E-state index in [0.29, 0.717) is 17.1 Å². The number of H-pyrrole nitrogens is 1. The Kier molecular flexibility index (Phi) is 5.01.